The third-order valence-corrected chi connectivity index (χ3v) is 15.7. The maximum atomic E-state index is 4.84. The van der Waals surface area contributed by atoms with Gasteiger partial charge in [-0.25, -0.2) is 4.57 Å². The number of pyridine rings is 4. The minimum Gasteiger partial charge on any atom is -0.305 e. The van der Waals surface area contributed by atoms with Crippen LogP contribution in [0.4, 0.5) is 0 Å². The van der Waals surface area contributed by atoms with E-state index in [4.69, 9.17) is 9.97 Å². The van der Waals surface area contributed by atoms with Gasteiger partial charge in [0.2, 0.25) is 0 Å². The van der Waals surface area contributed by atoms with Crippen molar-refractivity contribution in [2.75, 3.05) is 0 Å². The zero-order chi connectivity index (χ0) is 60.4. The molecule has 5 heterocycles. The van der Waals surface area contributed by atoms with Crippen LogP contribution in [0.2, 0.25) is 0 Å². The minimum absolute atomic E-state index is 0. The van der Waals surface area contributed by atoms with Crippen LogP contribution in [0.1, 0.15) is 41.7 Å². The van der Waals surface area contributed by atoms with Gasteiger partial charge >= 0.3 is 0 Å². The Hall–Kier alpha value is -7.70. The Morgan fingerprint density at radius 2 is 0.968 bits per heavy atom. The number of hydrogen-bond acceptors (Lipinski definition) is 4. The van der Waals surface area contributed by atoms with Gasteiger partial charge in [0.1, 0.15) is 12.4 Å². The van der Waals surface area contributed by atoms with Crippen LogP contribution in [0.3, 0.4) is 0 Å². The number of benzene rings is 10. The summed E-state index contributed by atoms with van der Waals surface area (Å²) in [5.41, 5.74) is 21.4. The molecule has 0 N–H and O–H groups in total. The first-order chi connectivity index (χ1) is 43.0. The van der Waals surface area contributed by atoms with E-state index in [0.717, 1.165) is 72.7 Å². The Morgan fingerprint density at radius 1 is 0.398 bits per heavy atom. The summed E-state index contributed by atoms with van der Waals surface area (Å²) in [6, 6.07) is 103. The van der Waals surface area contributed by atoms with Gasteiger partial charge in [-0.2, -0.15) is 18.2 Å². The fourth-order valence-corrected chi connectivity index (χ4v) is 11.2. The Balaban J connectivity index is 0.000000166. The topological polar surface area (TPSA) is 61.4 Å². The molecule has 5 radical (unpaired) electrons. The summed E-state index contributed by atoms with van der Waals surface area (Å²) in [5, 5.41) is 5.91. The number of fused-ring (bicyclic) bond motifs is 7. The van der Waals surface area contributed by atoms with Crippen LogP contribution < -0.4 is 0 Å². The quantitative estimate of drug-likeness (QED) is 0.161. The molecule has 0 saturated heterocycles. The van der Waals surface area contributed by atoms with Gasteiger partial charge < -0.3 is 4.98 Å². The molecule has 6 nitrogen and oxygen atoms in total. The number of aromatic nitrogens is 6. The van der Waals surface area contributed by atoms with Crippen molar-refractivity contribution in [1.29, 1.82) is 0 Å². The first kappa shape index (κ1) is 72.7. The predicted molar refractivity (Wildman–Crippen MR) is 364 cm³/mol. The molecule has 16 rings (SSSR count). The largest absolute Gasteiger partial charge is 0.305 e. The van der Waals surface area contributed by atoms with Crippen molar-refractivity contribution in [3.8, 4) is 61.8 Å². The molecule has 1 aliphatic carbocycles. The van der Waals surface area contributed by atoms with E-state index in [9.17, 15) is 0 Å². The summed E-state index contributed by atoms with van der Waals surface area (Å²) < 4.78 is 4.03. The molecule has 0 spiro atoms. The van der Waals surface area contributed by atoms with Crippen molar-refractivity contribution >= 4 is 43.5 Å². The maximum Gasteiger partial charge on any atom is 0.163 e. The molecule has 15 aromatic rings. The molecule has 11 heteroatoms. The monoisotopic (exact) mass is 2100 g/mol. The molecule has 93 heavy (non-hydrogen) atoms. The van der Waals surface area contributed by atoms with Gasteiger partial charge in [-0.05, 0) is 74.2 Å². The number of aryl methyl sites for hydroxylation is 4. The van der Waals surface area contributed by atoms with Crippen molar-refractivity contribution in [1.82, 2.24) is 29.1 Å². The molecule has 5 aromatic heterocycles. The van der Waals surface area contributed by atoms with Gasteiger partial charge in [0, 0.05) is 119 Å². The average molecular weight is 2090 g/mol. The summed E-state index contributed by atoms with van der Waals surface area (Å²) in [4.78, 5) is 18.6. The van der Waals surface area contributed by atoms with E-state index in [-0.39, 0.29) is 106 Å². The first-order valence-corrected chi connectivity index (χ1v) is 29.6. The normalized spacial score (nSPS) is 11.0. The third kappa shape index (κ3) is 17.4. The number of rotatable bonds is 5. The van der Waals surface area contributed by atoms with Gasteiger partial charge in [-0.3, -0.25) is 19.5 Å². The molecule has 471 valence electrons. The summed E-state index contributed by atoms with van der Waals surface area (Å²) >= 11 is 0. The molecule has 0 amide bonds. The van der Waals surface area contributed by atoms with Crippen molar-refractivity contribution in [3.63, 3.8) is 0 Å². The van der Waals surface area contributed by atoms with E-state index in [2.05, 4.69) is 208 Å². The molecule has 0 fully saturated rings. The Bertz CT molecular complexity index is 4910. The fourth-order valence-electron chi connectivity index (χ4n) is 11.2. The summed E-state index contributed by atoms with van der Waals surface area (Å²) in [6.07, 6.45) is 7.82. The molecular formula is C82H64Ir5N6-4. The summed E-state index contributed by atoms with van der Waals surface area (Å²) in [5.74, 6) is 0. The molecule has 0 atom stereocenters. The van der Waals surface area contributed by atoms with Crippen molar-refractivity contribution in [3.05, 3.63) is 338 Å². The van der Waals surface area contributed by atoms with E-state index in [1.807, 2.05) is 162 Å². The van der Waals surface area contributed by atoms with Crippen molar-refractivity contribution in [2.45, 2.75) is 40.0 Å². The number of imidazole rings is 1. The van der Waals surface area contributed by atoms with Crippen LogP contribution >= 0.6 is 0 Å². The Labute approximate surface area is 613 Å². The molecule has 10 aromatic carbocycles. The minimum atomic E-state index is 0. The number of hydrogen-bond donors (Lipinski definition) is 0. The SMILES string of the molecule is CC1(C)c2ccccc2-c2c[c-]c(-c3ccc4ccccc4n3)cc21.Cc1c[c-]c(-c2ccccn2)c(C)c1.Cc1cc[c-]c(-c2ccc3ccccc3n2)c1.Cn1ccn(-c2[c-]cccc2)[cH+]1.[Ir].[Ir].[Ir].[Ir].[Ir].[c-]1ccc2ccccc2c1-c1ccc2ccccc2n1. The van der Waals surface area contributed by atoms with E-state index in [1.54, 1.807) is 0 Å². The van der Waals surface area contributed by atoms with E-state index < -0.39 is 0 Å². The smallest absolute Gasteiger partial charge is 0.163 e. The second kappa shape index (κ2) is 33.9. The molecule has 1 aliphatic rings. The van der Waals surface area contributed by atoms with Crippen molar-refractivity contribution in [2.24, 2.45) is 7.05 Å². The summed E-state index contributed by atoms with van der Waals surface area (Å²) in [7, 11) is 2.00. The van der Waals surface area contributed by atoms with Crippen LogP contribution in [-0.2, 0) is 113 Å². The zero-order valence-electron chi connectivity index (χ0n) is 51.9. The molecule has 0 aliphatic heterocycles. The molecule has 0 saturated carbocycles. The van der Waals surface area contributed by atoms with Crippen LogP contribution in [0.15, 0.2) is 280 Å². The van der Waals surface area contributed by atoms with Crippen molar-refractivity contribution < 1.29 is 101 Å². The van der Waals surface area contributed by atoms with E-state index in [0.29, 0.717) is 0 Å². The van der Waals surface area contributed by atoms with Gasteiger partial charge in [0.15, 0.2) is 6.33 Å². The second-order valence-electron chi connectivity index (χ2n) is 22.4. The third-order valence-electron chi connectivity index (χ3n) is 15.7. The standard InChI is InChI=1S/C24H18N.C19H12N.C16H12N.C13H12N.C10H10N2.5Ir/c1-24(2)20-9-5-4-8-18(20)19-13-11-17(15-21(19)24)23-14-12-16-7-3-6-10-22(16)25-23;1-3-9-16-14(6-1)8-5-10-17(16)19-13-12-15-7-2-4-11-18(15)20-19;1-12-5-4-7-14(11-12)16-10-9-13-6-2-3-8-15(13)17-16;1-10-6-7-12(11(2)9-10)13-5-3-4-8-14-13;1-11-7-8-12(9-11)10-5-3-2-4-6-10;;;;;/h3-10,12-15H,1-2H3;1-9,11-13H;2-6,8-11H,1H3;3-6,8-9H,1-2H3;2-5,7-9H,1H3;;;;;/q4*-1;;;;;;. The van der Waals surface area contributed by atoms with E-state index >= 15 is 0 Å². The Morgan fingerprint density at radius 3 is 1.57 bits per heavy atom. The fraction of sp³-hybridized carbons (Fsp3) is 0.0854. The summed E-state index contributed by atoms with van der Waals surface area (Å²) in [6.45, 7) is 10.8. The Kier molecular flexibility index (Phi) is 26.5. The van der Waals surface area contributed by atoms with Crippen LogP contribution in [0.5, 0.6) is 0 Å². The van der Waals surface area contributed by atoms with Gasteiger partial charge in [0.05, 0.1) is 16.6 Å². The zero-order valence-corrected chi connectivity index (χ0v) is 63.9. The second-order valence-corrected chi connectivity index (χ2v) is 22.4. The maximum absolute atomic E-state index is 4.84. The first-order valence-electron chi connectivity index (χ1n) is 29.6. The van der Waals surface area contributed by atoms with Crippen LogP contribution in [0.25, 0.3) is 105 Å². The van der Waals surface area contributed by atoms with Crippen LogP contribution in [0, 0.1) is 51.1 Å². The molecule has 0 bridgehead atoms. The van der Waals surface area contributed by atoms with Gasteiger partial charge in [-0.15, -0.1) is 141 Å². The van der Waals surface area contributed by atoms with Gasteiger partial charge in [-0.1, -0.05) is 203 Å². The van der Waals surface area contributed by atoms with E-state index in [1.165, 1.54) is 60.5 Å². The van der Waals surface area contributed by atoms with Gasteiger partial charge in [0.25, 0.3) is 0 Å². The van der Waals surface area contributed by atoms with Crippen LogP contribution in [-0.4, -0.2) is 29.1 Å². The molecule has 0 unspecified atom stereocenters. The number of para-hydroxylation sites is 4. The average Bonchev–Trinajstić information content (AvgIpc) is 1.59. The predicted octanol–water partition coefficient (Wildman–Crippen LogP) is 19.9. The molecular weight excluding hydrogens is 2030 g/mol. The number of nitrogens with zero attached hydrogens (tertiary/aromatic N) is 6.